The lowest BCUT2D eigenvalue weighted by Gasteiger charge is -2.32. The highest BCUT2D eigenvalue weighted by Crippen LogP contribution is 2.44. The van der Waals surface area contributed by atoms with Gasteiger partial charge in [0.15, 0.2) is 0 Å². The van der Waals surface area contributed by atoms with Gasteiger partial charge in [0.05, 0.1) is 11.3 Å². The molecule has 0 spiro atoms. The molecule has 2 aliphatic rings. The zero-order valence-electron chi connectivity index (χ0n) is 22.2. The summed E-state index contributed by atoms with van der Waals surface area (Å²) in [5.41, 5.74) is 4.62. The van der Waals surface area contributed by atoms with Crippen LogP contribution in [0.2, 0.25) is 0 Å². The van der Waals surface area contributed by atoms with Gasteiger partial charge in [-0.3, -0.25) is 4.79 Å². The van der Waals surface area contributed by atoms with Crippen molar-refractivity contribution in [3.63, 3.8) is 0 Å². The van der Waals surface area contributed by atoms with Crippen molar-refractivity contribution in [2.45, 2.75) is 57.4 Å². The monoisotopic (exact) mass is 501 g/mol. The van der Waals surface area contributed by atoms with Crippen molar-refractivity contribution in [3.8, 4) is 11.3 Å². The van der Waals surface area contributed by atoms with Gasteiger partial charge in [0.25, 0.3) is 0 Å². The Morgan fingerprint density at radius 2 is 1.76 bits per heavy atom. The molecule has 1 N–H and O–H groups in total. The van der Waals surface area contributed by atoms with Gasteiger partial charge in [-0.2, -0.15) is 0 Å². The van der Waals surface area contributed by atoms with Crippen molar-refractivity contribution in [1.82, 2.24) is 14.4 Å². The molecule has 1 unspecified atom stereocenters. The highest BCUT2D eigenvalue weighted by Gasteiger charge is 2.29. The first-order valence-corrected chi connectivity index (χ1v) is 13.8. The Hall–Kier alpha value is -3.12. The number of hydrogen-bond acceptors (Lipinski definition) is 3. The first-order chi connectivity index (χ1) is 17.9. The van der Waals surface area contributed by atoms with Crippen molar-refractivity contribution in [1.29, 1.82) is 0 Å². The van der Waals surface area contributed by atoms with Crippen LogP contribution in [-0.2, 0) is 11.3 Å². The van der Waals surface area contributed by atoms with Crippen molar-refractivity contribution >= 4 is 22.8 Å². The number of aromatic carboxylic acids is 1. The molecule has 1 amide bonds. The quantitative estimate of drug-likeness (QED) is 0.441. The molecule has 1 saturated heterocycles. The van der Waals surface area contributed by atoms with Crippen molar-refractivity contribution in [2.24, 2.45) is 5.92 Å². The topological polar surface area (TPSA) is 65.8 Å². The second kappa shape index (κ2) is 11.1. The number of amides is 1. The van der Waals surface area contributed by atoms with E-state index in [2.05, 4.69) is 28.6 Å². The number of hydrogen-bond donors (Lipinski definition) is 1. The number of likely N-dealkylation sites (N-methyl/N-ethyl adjacent to an activating group) is 1. The lowest BCUT2D eigenvalue weighted by Crippen LogP contribution is -2.40. The summed E-state index contributed by atoms with van der Waals surface area (Å²) in [7, 11) is 4.08. The number of aromatic nitrogens is 1. The third-order valence-electron chi connectivity index (χ3n) is 8.38. The number of fused-ring (bicyclic) bond motifs is 1. The Labute approximate surface area is 219 Å². The fraction of sp³-hybridized carbons (Fsp3) is 0.484. The van der Waals surface area contributed by atoms with E-state index in [1.54, 1.807) is 6.07 Å². The predicted octanol–water partition coefficient (Wildman–Crippen LogP) is 5.85. The van der Waals surface area contributed by atoms with Crippen LogP contribution in [0.1, 0.15) is 66.8 Å². The zero-order valence-corrected chi connectivity index (χ0v) is 22.2. The van der Waals surface area contributed by atoms with Crippen molar-refractivity contribution < 1.29 is 14.7 Å². The maximum absolute atomic E-state index is 13.7. The Balaban J connectivity index is 1.58. The Kier molecular flexibility index (Phi) is 7.65. The second-order valence-corrected chi connectivity index (χ2v) is 11.1. The minimum atomic E-state index is -0.918. The van der Waals surface area contributed by atoms with E-state index in [1.807, 2.05) is 42.3 Å². The van der Waals surface area contributed by atoms with Crippen LogP contribution >= 0.6 is 0 Å². The molecule has 37 heavy (non-hydrogen) atoms. The fourth-order valence-corrected chi connectivity index (χ4v) is 6.56. The first kappa shape index (κ1) is 25.5. The molecule has 1 saturated carbocycles. The molecule has 196 valence electrons. The third kappa shape index (κ3) is 5.45. The van der Waals surface area contributed by atoms with E-state index in [4.69, 9.17) is 0 Å². The van der Waals surface area contributed by atoms with E-state index in [0.717, 1.165) is 61.1 Å². The number of rotatable bonds is 7. The summed E-state index contributed by atoms with van der Waals surface area (Å²) in [4.78, 5) is 29.8. The molecule has 3 aromatic rings. The minimum Gasteiger partial charge on any atom is -0.478 e. The largest absolute Gasteiger partial charge is 0.478 e. The van der Waals surface area contributed by atoms with E-state index in [9.17, 15) is 14.7 Å². The van der Waals surface area contributed by atoms with Crippen LogP contribution in [0.4, 0.5) is 0 Å². The van der Waals surface area contributed by atoms with Crippen LogP contribution in [0.3, 0.4) is 0 Å². The molecule has 1 aliphatic carbocycles. The lowest BCUT2D eigenvalue weighted by molar-refractivity contribution is -0.131. The maximum atomic E-state index is 13.7. The maximum Gasteiger partial charge on any atom is 0.335 e. The zero-order chi connectivity index (χ0) is 25.9. The van der Waals surface area contributed by atoms with E-state index in [0.29, 0.717) is 17.4 Å². The lowest BCUT2D eigenvalue weighted by atomic mass is 9.81. The number of likely N-dealkylation sites (tertiary alicyclic amines) is 1. The molecule has 6 nitrogen and oxygen atoms in total. The van der Waals surface area contributed by atoms with Crippen LogP contribution in [0.25, 0.3) is 22.2 Å². The smallest absolute Gasteiger partial charge is 0.335 e. The molecule has 6 heteroatoms. The van der Waals surface area contributed by atoms with Crippen molar-refractivity contribution in [3.05, 3.63) is 59.7 Å². The minimum absolute atomic E-state index is 0.0970. The summed E-state index contributed by atoms with van der Waals surface area (Å²) in [5, 5.41) is 10.7. The average molecular weight is 502 g/mol. The van der Waals surface area contributed by atoms with Crippen LogP contribution in [0.5, 0.6) is 0 Å². The highest BCUT2D eigenvalue weighted by atomic mass is 16.4. The van der Waals surface area contributed by atoms with Gasteiger partial charge < -0.3 is 19.5 Å². The Morgan fingerprint density at radius 3 is 2.46 bits per heavy atom. The Morgan fingerprint density at radius 1 is 1.00 bits per heavy atom. The standard InChI is InChI=1S/C31H39N3O3/c1-32-17-9-10-22(19-32)20-33(2)28(35)21-34-27-16-15-25(31(36)37)18-26(27)29(23-11-5-3-6-12-23)30(34)24-13-7-4-8-14-24/h4,7-8,13-16,18,22-23H,3,5-6,9-12,17,19-21H2,1-2H3,(H,36,37). The van der Waals surface area contributed by atoms with E-state index in [-0.39, 0.29) is 12.5 Å². The predicted molar refractivity (Wildman–Crippen MR) is 148 cm³/mol. The molecular weight excluding hydrogens is 462 g/mol. The van der Waals surface area contributed by atoms with Crippen LogP contribution in [0.15, 0.2) is 48.5 Å². The first-order valence-electron chi connectivity index (χ1n) is 13.8. The van der Waals surface area contributed by atoms with E-state index < -0.39 is 5.97 Å². The normalized spacial score (nSPS) is 19.2. The van der Waals surface area contributed by atoms with Crippen molar-refractivity contribution in [2.75, 3.05) is 33.7 Å². The average Bonchev–Trinajstić information content (AvgIpc) is 3.22. The molecule has 5 rings (SSSR count). The molecule has 1 aromatic heterocycles. The van der Waals surface area contributed by atoms with E-state index >= 15 is 0 Å². The summed E-state index contributed by atoms with van der Waals surface area (Å²) in [6.45, 7) is 3.18. The molecule has 1 aliphatic heterocycles. The summed E-state index contributed by atoms with van der Waals surface area (Å²) >= 11 is 0. The summed E-state index contributed by atoms with van der Waals surface area (Å²) in [6.07, 6.45) is 8.14. The molecule has 0 bridgehead atoms. The number of carbonyl (C=O) groups is 2. The summed E-state index contributed by atoms with van der Waals surface area (Å²) < 4.78 is 2.16. The van der Waals surface area contributed by atoms with Crippen LogP contribution < -0.4 is 0 Å². The van der Waals surface area contributed by atoms with Gasteiger partial charge >= 0.3 is 5.97 Å². The molecular formula is C31H39N3O3. The molecule has 2 heterocycles. The SMILES string of the molecule is CN1CCCC(CN(C)C(=O)Cn2c(-c3ccccc3)c(C3CCCCC3)c3cc(C(=O)O)ccc32)C1. The van der Waals surface area contributed by atoms with Gasteiger partial charge in [0.2, 0.25) is 5.91 Å². The van der Waals surface area contributed by atoms with Crippen LogP contribution in [-0.4, -0.2) is 65.1 Å². The molecule has 2 fully saturated rings. The van der Waals surface area contributed by atoms with Gasteiger partial charge in [-0.25, -0.2) is 4.79 Å². The van der Waals surface area contributed by atoms with Crippen LogP contribution in [0, 0.1) is 5.92 Å². The van der Waals surface area contributed by atoms with Gasteiger partial charge in [-0.1, -0.05) is 49.6 Å². The molecule has 1 atom stereocenters. The number of carboxylic acid groups (broad SMARTS) is 1. The fourth-order valence-electron chi connectivity index (χ4n) is 6.56. The van der Waals surface area contributed by atoms with Gasteiger partial charge in [0.1, 0.15) is 6.54 Å². The number of carboxylic acids is 1. The van der Waals surface area contributed by atoms with Gasteiger partial charge in [0, 0.05) is 31.0 Å². The number of carbonyl (C=O) groups excluding carboxylic acids is 1. The van der Waals surface area contributed by atoms with Gasteiger partial charge in [-0.15, -0.1) is 0 Å². The summed E-state index contributed by atoms with van der Waals surface area (Å²) in [6, 6.07) is 15.7. The molecule has 0 radical (unpaired) electrons. The molecule has 2 aromatic carbocycles. The number of nitrogens with zero attached hydrogens (tertiary/aromatic N) is 3. The van der Waals surface area contributed by atoms with Gasteiger partial charge in [-0.05, 0) is 80.4 Å². The number of benzene rings is 2. The highest BCUT2D eigenvalue weighted by molar-refractivity contribution is 5.99. The Bertz CT molecular complexity index is 1260. The number of piperidine rings is 1. The summed E-state index contributed by atoms with van der Waals surface area (Å²) in [5.74, 6) is 0.0413. The second-order valence-electron chi connectivity index (χ2n) is 11.1. The van der Waals surface area contributed by atoms with E-state index in [1.165, 1.54) is 31.2 Å². The third-order valence-corrected chi connectivity index (χ3v) is 8.38.